The van der Waals surface area contributed by atoms with Crippen LogP contribution in [0.15, 0.2) is 11.0 Å². The first kappa shape index (κ1) is 15.5. The van der Waals surface area contributed by atoms with E-state index in [1.807, 2.05) is 19.0 Å². The molecule has 0 aliphatic carbocycles. The summed E-state index contributed by atoms with van der Waals surface area (Å²) in [4.78, 5) is 23.2. The number of hydrogen-bond donors (Lipinski definition) is 0. The fourth-order valence-corrected chi connectivity index (χ4v) is 2.95. The minimum atomic E-state index is -0.0414. The fourth-order valence-electron chi connectivity index (χ4n) is 2.83. The standard InChI is InChI=1S/C14H20ClN5O2/c1-18(2)5-6-19-11-9-16-13(15)17-12(11)20(14(19)21)10-3-7-22-8-4-10/h9-10H,3-8H2,1-2H3. The van der Waals surface area contributed by atoms with E-state index in [1.165, 1.54) is 0 Å². The lowest BCUT2D eigenvalue weighted by Gasteiger charge is -2.22. The van der Waals surface area contributed by atoms with E-state index in [0.29, 0.717) is 25.4 Å². The number of likely N-dealkylation sites (N-methyl/N-ethyl adjacent to an activating group) is 1. The molecule has 22 heavy (non-hydrogen) atoms. The van der Waals surface area contributed by atoms with Crippen LogP contribution in [0.3, 0.4) is 0 Å². The number of ether oxygens (including phenoxy) is 1. The van der Waals surface area contributed by atoms with Crippen LogP contribution in [0.4, 0.5) is 0 Å². The van der Waals surface area contributed by atoms with Gasteiger partial charge in [-0.1, -0.05) is 0 Å². The van der Waals surface area contributed by atoms with E-state index < -0.39 is 0 Å². The van der Waals surface area contributed by atoms with Gasteiger partial charge < -0.3 is 9.64 Å². The quantitative estimate of drug-likeness (QED) is 0.789. The molecule has 1 fully saturated rings. The third-order valence-electron chi connectivity index (χ3n) is 4.00. The largest absolute Gasteiger partial charge is 0.381 e. The third-order valence-corrected chi connectivity index (χ3v) is 4.19. The summed E-state index contributed by atoms with van der Waals surface area (Å²) in [6.07, 6.45) is 3.26. The van der Waals surface area contributed by atoms with Crippen LogP contribution >= 0.6 is 11.6 Å². The molecule has 0 bridgehead atoms. The molecule has 120 valence electrons. The summed E-state index contributed by atoms with van der Waals surface area (Å²) in [5.41, 5.74) is 1.32. The molecule has 0 unspecified atom stereocenters. The Morgan fingerprint density at radius 2 is 2.14 bits per heavy atom. The van der Waals surface area contributed by atoms with Gasteiger partial charge in [0.15, 0.2) is 5.65 Å². The van der Waals surface area contributed by atoms with E-state index in [2.05, 4.69) is 9.97 Å². The highest BCUT2D eigenvalue weighted by Gasteiger charge is 2.24. The summed E-state index contributed by atoms with van der Waals surface area (Å²) < 4.78 is 8.90. The Kier molecular flexibility index (Phi) is 4.46. The maximum atomic E-state index is 12.9. The van der Waals surface area contributed by atoms with Crippen LogP contribution in [0.1, 0.15) is 18.9 Å². The predicted octanol–water partition coefficient (Wildman–Crippen LogP) is 1.16. The first-order chi connectivity index (χ1) is 10.6. The molecule has 0 spiro atoms. The lowest BCUT2D eigenvalue weighted by atomic mass is 10.1. The highest BCUT2D eigenvalue weighted by Crippen LogP contribution is 2.24. The van der Waals surface area contributed by atoms with E-state index in [-0.39, 0.29) is 17.0 Å². The number of rotatable bonds is 4. The lowest BCUT2D eigenvalue weighted by Crippen LogP contribution is -2.32. The van der Waals surface area contributed by atoms with E-state index in [0.717, 1.165) is 24.9 Å². The lowest BCUT2D eigenvalue weighted by molar-refractivity contribution is 0.0694. The molecule has 0 saturated carbocycles. The van der Waals surface area contributed by atoms with Crippen molar-refractivity contribution in [2.75, 3.05) is 33.9 Å². The molecule has 7 nitrogen and oxygen atoms in total. The zero-order valence-corrected chi connectivity index (χ0v) is 13.6. The van der Waals surface area contributed by atoms with Gasteiger partial charge in [-0.05, 0) is 38.5 Å². The van der Waals surface area contributed by atoms with Gasteiger partial charge in [0.25, 0.3) is 0 Å². The average Bonchev–Trinajstić information content (AvgIpc) is 2.77. The molecular formula is C14H20ClN5O2. The third kappa shape index (κ3) is 2.88. The van der Waals surface area contributed by atoms with Crippen LogP contribution < -0.4 is 5.69 Å². The highest BCUT2D eigenvalue weighted by molar-refractivity contribution is 6.28. The Morgan fingerprint density at radius 1 is 1.41 bits per heavy atom. The molecule has 0 radical (unpaired) electrons. The van der Waals surface area contributed by atoms with Crippen LogP contribution in [-0.4, -0.2) is 57.9 Å². The van der Waals surface area contributed by atoms with E-state index in [4.69, 9.17) is 16.3 Å². The number of aromatic nitrogens is 4. The molecule has 0 amide bonds. The fraction of sp³-hybridized carbons (Fsp3) is 0.643. The van der Waals surface area contributed by atoms with Crippen LogP contribution in [-0.2, 0) is 11.3 Å². The summed E-state index contributed by atoms with van der Waals surface area (Å²) >= 11 is 5.94. The maximum absolute atomic E-state index is 12.9. The topological polar surface area (TPSA) is 65.2 Å². The SMILES string of the molecule is CN(C)CCn1c(=O)n(C2CCOCC2)c2nc(Cl)ncc21. The average molecular weight is 326 g/mol. The summed E-state index contributed by atoms with van der Waals surface area (Å²) in [6.45, 7) is 2.71. The molecule has 0 atom stereocenters. The minimum Gasteiger partial charge on any atom is -0.381 e. The molecule has 3 rings (SSSR count). The number of halogens is 1. The van der Waals surface area contributed by atoms with Gasteiger partial charge in [-0.3, -0.25) is 9.13 Å². The van der Waals surface area contributed by atoms with Crippen molar-refractivity contribution in [1.29, 1.82) is 0 Å². The Morgan fingerprint density at radius 3 is 2.82 bits per heavy atom. The Balaban J connectivity index is 2.11. The maximum Gasteiger partial charge on any atom is 0.330 e. The van der Waals surface area contributed by atoms with E-state index >= 15 is 0 Å². The van der Waals surface area contributed by atoms with Gasteiger partial charge in [0.05, 0.1) is 6.20 Å². The van der Waals surface area contributed by atoms with Crippen LogP contribution in [0.25, 0.3) is 11.2 Å². The molecule has 2 aromatic heterocycles. The summed E-state index contributed by atoms with van der Waals surface area (Å²) in [6, 6.07) is 0.107. The van der Waals surface area contributed by atoms with Gasteiger partial charge in [-0.25, -0.2) is 9.78 Å². The summed E-state index contributed by atoms with van der Waals surface area (Å²) in [5, 5.41) is 0.165. The van der Waals surface area contributed by atoms with Crippen molar-refractivity contribution in [1.82, 2.24) is 24.0 Å². The van der Waals surface area contributed by atoms with Crippen LogP contribution in [0, 0.1) is 0 Å². The van der Waals surface area contributed by atoms with Crippen molar-refractivity contribution in [3.63, 3.8) is 0 Å². The normalized spacial score (nSPS) is 16.7. The highest BCUT2D eigenvalue weighted by atomic mass is 35.5. The zero-order chi connectivity index (χ0) is 15.7. The van der Waals surface area contributed by atoms with E-state index in [1.54, 1.807) is 15.3 Å². The van der Waals surface area contributed by atoms with Crippen molar-refractivity contribution in [3.05, 3.63) is 22.0 Å². The Hall–Kier alpha value is -1.44. The van der Waals surface area contributed by atoms with Crippen LogP contribution in [0.5, 0.6) is 0 Å². The number of imidazole rings is 1. The molecular weight excluding hydrogens is 306 g/mol. The van der Waals surface area contributed by atoms with Gasteiger partial charge in [-0.2, -0.15) is 4.98 Å². The minimum absolute atomic E-state index is 0.0414. The molecule has 3 heterocycles. The number of hydrogen-bond acceptors (Lipinski definition) is 5. The number of nitrogens with zero attached hydrogens (tertiary/aromatic N) is 5. The van der Waals surface area contributed by atoms with Gasteiger partial charge in [0.1, 0.15) is 5.52 Å². The van der Waals surface area contributed by atoms with Gasteiger partial charge >= 0.3 is 5.69 Å². The first-order valence-electron chi connectivity index (χ1n) is 7.43. The zero-order valence-electron chi connectivity index (χ0n) is 12.8. The van der Waals surface area contributed by atoms with Crippen molar-refractivity contribution in [2.24, 2.45) is 0 Å². The first-order valence-corrected chi connectivity index (χ1v) is 7.81. The van der Waals surface area contributed by atoms with Crippen molar-refractivity contribution in [3.8, 4) is 0 Å². The molecule has 1 aliphatic heterocycles. The van der Waals surface area contributed by atoms with Gasteiger partial charge in [0, 0.05) is 32.3 Å². The van der Waals surface area contributed by atoms with Gasteiger partial charge in [-0.15, -0.1) is 0 Å². The molecule has 2 aromatic rings. The van der Waals surface area contributed by atoms with Crippen molar-refractivity contribution < 1.29 is 4.74 Å². The summed E-state index contributed by atoms with van der Waals surface area (Å²) in [5.74, 6) is 0. The molecule has 1 saturated heterocycles. The van der Waals surface area contributed by atoms with Crippen molar-refractivity contribution >= 4 is 22.8 Å². The van der Waals surface area contributed by atoms with Crippen LogP contribution in [0.2, 0.25) is 5.28 Å². The molecule has 1 aliphatic rings. The van der Waals surface area contributed by atoms with E-state index in [9.17, 15) is 4.79 Å². The second kappa shape index (κ2) is 6.36. The number of fused-ring (bicyclic) bond motifs is 1. The predicted molar refractivity (Wildman–Crippen MR) is 84.4 cm³/mol. The second-order valence-electron chi connectivity index (χ2n) is 5.80. The smallest absolute Gasteiger partial charge is 0.330 e. The molecule has 0 N–H and O–H groups in total. The van der Waals surface area contributed by atoms with Gasteiger partial charge in [0.2, 0.25) is 5.28 Å². The Labute approximate surface area is 133 Å². The Bertz CT molecular complexity index is 718. The monoisotopic (exact) mass is 325 g/mol. The second-order valence-corrected chi connectivity index (χ2v) is 6.14. The summed E-state index contributed by atoms with van der Waals surface area (Å²) in [7, 11) is 3.96. The van der Waals surface area contributed by atoms with Crippen molar-refractivity contribution in [2.45, 2.75) is 25.4 Å². The molecule has 8 heteroatoms. The molecule has 0 aromatic carbocycles.